The van der Waals surface area contributed by atoms with E-state index >= 15 is 0 Å². The molecule has 2 rings (SSSR count). The van der Waals surface area contributed by atoms with Crippen LogP contribution in [0.1, 0.15) is 12.0 Å². The molecule has 1 heterocycles. The summed E-state index contributed by atoms with van der Waals surface area (Å²) < 4.78 is 0. The van der Waals surface area contributed by atoms with E-state index < -0.39 is 12.0 Å². The van der Waals surface area contributed by atoms with E-state index in [0.717, 1.165) is 11.3 Å². The second-order valence-electron chi connectivity index (χ2n) is 4.54. The second-order valence-corrected chi connectivity index (χ2v) is 4.54. The highest BCUT2D eigenvalue weighted by atomic mass is 16.4. The second kappa shape index (κ2) is 4.25. The van der Waals surface area contributed by atoms with Gasteiger partial charge in [0.15, 0.2) is 0 Å². The molecule has 1 aliphatic rings. The van der Waals surface area contributed by atoms with Gasteiger partial charge in [-0.15, -0.1) is 0 Å². The minimum atomic E-state index is -0.826. The van der Waals surface area contributed by atoms with Crippen LogP contribution in [0.15, 0.2) is 18.2 Å². The molecule has 0 saturated carbocycles. The Morgan fingerprint density at radius 3 is 2.82 bits per heavy atom. The van der Waals surface area contributed by atoms with E-state index in [0.29, 0.717) is 18.7 Å². The summed E-state index contributed by atoms with van der Waals surface area (Å²) >= 11 is 0. The maximum absolute atomic E-state index is 11.2. The zero-order valence-corrected chi connectivity index (χ0v) is 9.76. The number of hydrogen-bond acceptors (Lipinski definition) is 4. The topological polar surface area (TPSA) is 92.6 Å². The van der Waals surface area contributed by atoms with Gasteiger partial charge in [-0.1, -0.05) is 0 Å². The van der Waals surface area contributed by atoms with Crippen molar-refractivity contribution in [3.8, 4) is 0 Å². The predicted molar refractivity (Wildman–Crippen MR) is 67.0 cm³/mol. The van der Waals surface area contributed by atoms with Crippen LogP contribution in [0.5, 0.6) is 0 Å². The van der Waals surface area contributed by atoms with Crippen LogP contribution in [0.2, 0.25) is 0 Å². The van der Waals surface area contributed by atoms with Gasteiger partial charge in [0.05, 0.1) is 0 Å². The largest absolute Gasteiger partial charge is 0.480 e. The zero-order chi connectivity index (χ0) is 12.6. The Morgan fingerprint density at radius 2 is 2.24 bits per heavy atom. The number of aryl methyl sites for hydroxylation is 1. The number of nitrogens with zero attached hydrogens (tertiary/aromatic N) is 1. The quantitative estimate of drug-likeness (QED) is 0.652. The summed E-state index contributed by atoms with van der Waals surface area (Å²) in [5.74, 6) is -0.826. The highest BCUT2D eigenvalue weighted by Gasteiger charge is 2.35. The fourth-order valence-electron chi connectivity index (χ4n) is 2.23. The van der Waals surface area contributed by atoms with Crippen LogP contribution in [0.4, 0.5) is 11.4 Å². The molecule has 0 radical (unpaired) electrons. The third-order valence-corrected chi connectivity index (χ3v) is 3.20. The van der Waals surface area contributed by atoms with Gasteiger partial charge in [-0.3, -0.25) is 0 Å². The maximum Gasteiger partial charge on any atom is 0.326 e. The minimum absolute atomic E-state index is 0.0889. The molecule has 0 bridgehead atoms. The van der Waals surface area contributed by atoms with Crippen molar-refractivity contribution in [1.82, 2.24) is 0 Å². The maximum atomic E-state index is 11.2. The van der Waals surface area contributed by atoms with Gasteiger partial charge in [0.2, 0.25) is 0 Å². The van der Waals surface area contributed by atoms with Gasteiger partial charge in [-0.05, 0) is 37.1 Å². The van der Waals surface area contributed by atoms with E-state index in [-0.39, 0.29) is 6.04 Å². The van der Waals surface area contributed by atoms with E-state index in [1.165, 1.54) is 0 Å². The Kier molecular flexibility index (Phi) is 2.93. The van der Waals surface area contributed by atoms with Gasteiger partial charge in [-0.25, -0.2) is 4.79 Å². The molecule has 0 aliphatic carbocycles. The van der Waals surface area contributed by atoms with Crippen LogP contribution in [0, 0.1) is 6.92 Å². The van der Waals surface area contributed by atoms with Crippen LogP contribution in [0.3, 0.4) is 0 Å². The molecule has 0 amide bonds. The molecule has 5 nitrogen and oxygen atoms in total. The summed E-state index contributed by atoms with van der Waals surface area (Å²) in [5, 5.41) is 9.16. The average Bonchev–Trinajstić information content (AvgIpc) is 2.64. The molecular formula is C12H17N3O2. The fraction of sp³-hybridized carbons (Fsp3) is 0.417. The number of benzene rings is 1. The third kappa shape index (κ3) is 2.19. The predicted octanol–water partition coefficient (Wildman–Crippen LogP) is 0.568. The number of nitrogen functional groups attached to an aromatic ring is 1. The summed E-state index contributed by atoms with van der Waals surface area (Å²) in [5.41, 5.74) is 14.1. The number of carboxylic acid groups (broad SMARTS) is 1. The number of aliphatic carboxylic acids is 1. The summed E-state index contributed by atoms with van der Waals surface area (Å²) in [4.78, 5) is 13.0. The van der Waals surface area contributed by atoms with Crippen LogP contribution < -0.4 is 16.4 Å². The number of hydrogen-bond donors (Lipinski definition) is 3. The van der Waals surface area contributed by atoms with E-state index in [1.807, 2.05) is 24.0 Å². The SMILES string of the molecule is Cc1cc(N2CC(N)CC2C(=O)O)ccc1N. The molecule has 1 aromatic carbocycles. The van der Waals surface area contributed by atoms with Crippen LogP contribution in [0.25, 0.3) is 0 Å². The average molecular weight is 235 g/mol. The lowest BCUT2D eigenvalue weighted by Crippen LogP contribution is -2.36. The molecule has 5 heteroatoms. The lowest BCUT2D eigenvalue weighted by molar-refractivity contribution is -0.138. The van der Waals surface area contributed by atoms with Crippen molar-refractivity contribution >= 4 is 17.3 Å². The number of anilines is 2. The van der Waals surface area contributed by atoms with Gasteiger partial charge in [0.25, 0.3) is 0 Å². The monoisotopic (exact) mass is 235 g/mol. The Morgan fingerprint density at radius 1 is 1.53 bits per heavy atom. The van der Waals surface area contributed by atoms with Crippen LogP contribution in [-0.2, 0) is 4.79 Å². The first-order chi connectivity index (χ1) is 7.99. The number of carboxylic acids is 1. The van der Waals surface area contributed by atoms with Crippen LogP contribution in [-0.4, -0.2) is 29.7 Å². The normalized spacial score (nSPS) is 24.0. The van der Waals surface area contributed by atoms with Gasteiger partial charge in [0, 0.05) is 24.0 Å². The summed E-state index contributed by atoms with van der Waals surface area (Å²) in [6, 6.07) is 4.93. The molecule has 2 atom stereocenters. The van der Waals surface area contributed by atoms with Gasteiger partial charge in [-0.2, -0.15) is 0 Å². The van der Waals surface area contributed by atoms with Crippen molar-refractivity contribution in [2.24, 2.45) is 5.73 Å². The molecule has 0 aromatic heterocycles. The number of carbonyl (C=O) groups is 1. The highest BCUT2D eigenvalue weighted by Crippen LogP contribution is 2.27. The van der Waals surface area contributed by atoms with Crippen molar-refractivity contribution in [3.05, 3.63) is 23.8 Å². The van der Waals surface area contributed by atoms with E-state index in [4.69, 9.17) is 16.6 Å². The smallest absolute Gasteiger partial charge is 0.326 e. The first kappa shape index (κ1) is 11.7. The van der Waals surface area contributed by atoms with E-state index in [9.17, 15) is 4.79 Å². The van der Waals surface area contributed by atoms with E-state index in [2.05, 4.69) is 0 Å². The number of rotatable bonds is 2. The molecular weight excluding hydrogens is 218 g/mol. The van der Waals surface area contributed by atoms with Gasteiger partial charge in [0.1, 0.15) is 6.04 Å². The Hall–Kier alpha value is -1.75. The molecule has 1 fully saturated rings. The van der Waals surface area contributed by atoms with Crippen molar-refractivity contribution in [3.63, 3.8) is 0 Å². The minimum Gasteiger partial charge on any atom is -0.480 e. The van der Waals surface area contributed by atoms with Crippen molar-refractivity contribution < 1.29 is 9.90 Å². The lowest BCUT2D eigenvalue weighted by atomic mass is 10.1. The lowest BCUT2D eigenvalue weighted by Gasteiger charge is -2.24. The Bertz CT molecular complexity index is 447. The molecule has 1 saturated heterocycles. The van der Waals surface area contributed by atoms with Gasteiger partial charge < -0.3 is 21.5 Å². The van der Waals surface area contributed by atoms with Crippen molar-refractivity contribution in [1.29, 1.82) is 0 Å². The summed E-state index contributed by atoms with van der Waals surface area (Å²) in [6.07, 6.45) is 0.485. The number of nitrogens with two attached hydrogens (primary N) is 2. The Labute approximate surface area is 100 Å². The Balaban J connectivity index is 2.31. The molecule has 17 heavy (non-hydrogen) atoms. The van der Waals surface area contributed by atoms with Crippen molar-refractivity contribution in [2.75, 3.05) is 17.2 Å². The first-order valence-corrected chi connectivity index (χ1v) is 5.60. The summed E-state index contributed by atoms with van der Waals surface area (Å²) in [7, 11) is 0. The van der Waals surface area contributed by atoms with Crippen LogP contribution >= 0.6 is 0 Å². The first-order valence-electron chi connectivity index (χ1n) is 5.60. The van der Waals surface area contributed by atoms with E-state index in [1.54, 1.807) is 6.07 Å². The standard InChI is InChI=1S/C12H17N3O2/c1-7-4-9(2-3-10(7)14)15-6-8(13)5-11(15)12(16)17/h2-4,8,11H,5-6,13-14H2,1H3,(H,16,17). The molecule has 92 valence electrons. The molecule has 2 unspecified atom stereocenters. The summed E-state index contributed by atoms with van der Waals surface area (Å²) in [6.45, 7) is 2.48. The molecule has 1 aliphatic heterocycles. The molecule has 5 N–H and O–H groups in total. The highest BCUT2D eigenvalue weighted by molar-refractivity contribution is 5.79. The molecule has 1 aromatic rings. The third-order valence-electron chi connectivity index (χ3n) is 3.20. The zero-order valence-electron chi connectivity index (χ0n) is 9.76. The van der Waals surface area contributed by atoms with Crippen molar-refractivity contribution in [2.45, 2.75) is 25.4 Å². The fourth-order valence-corrected chi connectivity index (χ4v) is 2.23. The van der Waals surface area contributed by atoms with Gasteiger partial charge >= 0.3 is 5.97 Å². The molecule has 0 spiro atoms.